The summed E-state index contributed by atoms with van der Waals surface area (Å²) in [7, 11) is 9.00. The molecule has 0 radical (unpaired) electrons. The molecule has 0 aliphatic heterocycles. The first-order chi connectivity index (χ1) is 37.3. The number of nitrogens with zero attached hydrogens (tertiary/aromatic N) is 5. The number of hydrogen-bond acceptors (Lipinski definition) is 23. The van der Waals surface area contributed by atoms with Gasteiger partial charge in [-0.15, -0.1) is 0 Å². The summed E-state index contributed by atoms with van der Waals surface area (Å²) >= 11 is 0. The maximum absolute atomic E-state index is 10.3. The van der Waals surface area contributed by atoms with E-state index >= 15 is 0 Å². The summed E-state index contributed by atoms with van der Waals surface area (Å²) in [5, 5.41) is 18.9. The van der Waals surface area contributed by atoms with Crippen LogP contribution >= 0.6 is 0 Å². The molecule has 40 heteroatoms. The van der Waals surface area contributed by atoms with Crippen molar-refractivity contribution in [3.8, 4) is 0 Å². The van der Waals surface area contributed by atoms with Crippen molar-refractivity contribution < 1.29 is 97.5 Å². The number of urea groups is 1. The largest absolute Gasteiger partial charge is 0.481 e. The number of aliphatic carboxylic acids is 1. The number of carboxylic acid groups (broad SMARTS) is 1. The molecular formula is C52H149N11O22S7. The van der Waals surface area contributed by atoms with Gasteiger partial charge in [0.25, 0.3) is 5.97 Å². The van der Waals surface area contributed by atoms with Gasteiger partial charge >= 0.3 is 12.0 Å². The van der Waals surface area contributed by atoms with Gasteiger partial charge in [-0.2, -0.15) is 0 Å². The van der Waals surface area contributed by atoms with Gasteiger partial charge in [-0.3, -0.25) is 24.0 Å². The Labute approximate surface area is 569 Å². The lowest BCUT2D eigenvalue weighted by Gasteiger charge is -2.02. The van der Waals surface area contributed by atoms with Crippen LogP contribution < -0.4 is 31.5 Å². The van der Waals surface area contributed by atoms with Crippen LogP contribution in [0.25, 0.3) is 0 Å². The van der Waals surface area contributed by atoms with Gasteiger partial charge in [0.1, 0.15) is 29.5 Å². The zero-order valence-electron chi connectivity index (χ0n) is 59.1. The van der Waals surface area contributed by atoms with Crippen LogP contribution in [0.1, 0.15) is 134 Å². The maximum Gasteiger partial charge on any atom is 0.314 e. The highest BCUT2D eigenvalue weighted by Crippen LogP contribution is 1.84. The number of carboxylic acids is 1. The summed E-state index contributed by atoms with van der Waals surface area (Å²) in [6, 6.07) is -0.157. The molecule has 0 bridgehead atoms. The molecule has 0 aromatic rings. The van der Waals surface area contributed by atoms with E-state index in [-0.39, 0.29) is 85.8 Å². The molecule has 0 atom stereocenters. The van der Waals surface area contributed by atoms with Gasteiger partial charge in [-0.05, 0) is 49.3 Å². The van der Waals surface area contributed by atoms with Crippen molar-refractivity contribution in [3.05, 3.63) is 0 Å². The number of esters is 1. The number of carbonyl (C=O) groups is 6. The maximum atomic E-state index is 10.3. The molecule has 33 nitrogen and oxygen atoms in total. The molecule has 5 amide bonds. The molecule has 0 aromatic carbocycles. The summed E-state index contributed by atoms with van der Waals surface area (Å²) in [5.41, 5.74) is 4.47. The van der Waals surface area contributed by atoms with E-state index in [9.17, 15) is 82.9 Å². The molecular weight excluding hydrogens is 1360 g/mol. The standard InChI is InChI=1S/C4H9NO.C3H8N2O.2C3H9NO2S.C3H7NO.2C3H9N.2C3H8O2S.C3H6O2.2C3H8.C2H7NO2S.C2H5NO.C2H6O2S.C2H4O2.CH5NO2S.6CH4/c1-4(6)5(2)3;1-4-3(6)5-2;2*1-4(2)7(3,5)6;1-3(5)4-2;2*1-4(2)3;2*1-3-6(2,4)5;1-3(4)5-2;2*1-3-2;1-3-6(2,4)5;1-2(3)4;1-5(2,3)4;1-2(3)4;1-5(2,3)4;;;;;;/h1-3H3;1-2H3,(H2,4,5,6);2*1-3H3;1-2H3,(H,4,5);2*1-3H3;2*3H2,1-2H3;1-2H3;2*3H2,1-2H3;3H,1-2H3;1H3,(H2,3,4);1-2H3;1H3,(H,3,4);1H3,(H2,2,3,4);6*1H4. The predicted octanol–water partition coefficient (Wildman–Crippen LogP) is 3.01. The molecule has 0 saturated heterocycles. The van der Waals surface area contributed by atoms with Crippen molar-refractivity contribution in [2.75, 3.05) is 181 Å². The lowest BCUT2D eigenvalue weighted by Crippen LogP contribution is -2.28. The number of amides is 5. The zero-order chi connectivity index (χ0) is 75.2. The second kappa shape index (κ2) is 101. The van der Waals surface area contributed by atoms with E-state index in [4.69, 9.17) is 9.90 Å². The van der Waals surface area contributed by atoms with Crippen LogP contribution in [0.2, 0.25) is 0 Å². The number of nitrogens with two attached hydrogens (primary N) is 2. The smallest absolute Gasteiger partial charge is 0.314 e. The monoisotopic (exact) mass is 1500 g/mol. The zero-order valence-corrected chi connectivity index (χ0v) is 64.8. The molecule has 586 valence electrons. The number of hydrogen-bond donors (Lipinski definition) is 7. The summed E-state index contributed by atoms with van der Waals surface area (Å²) in [6.07, 6.45) is 11.6. The second-order valence-corrected chi connectivity index (χ2v) is 32.6. The number of primary sulfonamides is 1. The van der Waals surface area contributed by atoms with Gasteiger partial charge in [-0.25, -0.2) is 82.2 Å². The third-order valence-corrected chi connectivity index (χ3v) is 9.96. The normalized spacial score (nSPS) is 8.88. The fraction of sp³-hybridized carbons (Fsp3) is 0.885. The SMILES string of the molecule is C.C.C.C.C.C.CC(=O)N(C)C.CC(=O)O.CC(N)=O.CCC.CCC.CCS(C)(=O)=O.CCS(C)(=O)=O.CN(C)C.CN(C)C.CN(C)S(C)(=O)=O.CN(C)S(C)(=O)=O.CNC(=O)NC.CNC(C)=O.CNS(C)(=O)=O.COC(C)=O.CS(C)(=O)=O.CS(N)(=O)=O. The molecule has 0 aliphatic carbocycles. The number of methoxy groups -OCH3 is 1. The number of carbonyl (C=O) groups excluding carboxylic acids is 5. The van der Waals surface area contributed by atoms with E-state index < -0.39 is 75.6 Å². The second-order valence-electron chi connectivity index (χ2n) is 17.4. The average molecular weight is 1510 g/mol. The van der Waals surface area contributed by atoms with Gasteiger partial charge in [0.05, 0.1) is 32.1 Å². The molecule has 0 unspecified atom stereocenters. The van der Waals surface area contributed by atoms with E-state index in [1.54, 1.807) is 49.1 Å². The Bertz CT molecular complexity index is 2150. The number of sulfonamides is 4. The number of sulfone groups is 3. The highest BCUT2D eigenvalue weighted by molar-refractivity contribution is 7.91. The first kappa shape index (κ1) is 158. The lowest BCUT2D eigenvalue weighted by atomic mass is 10.6. The molecule has 0 heterocycles. The minimum atomic E-state index is -3.17. The van der Waals surface area contributed by atoms with E-state index in [2.05, 4.69) is 64.0 Å². The highest BCUT2D eigenvalue weighted by atomic mass is 32.2. The van der Waals surface area contributed by atoms with Gasteiger partial charge in [0.2, 0.25) is 57.8 Å². The first-order valence-electron chi connectivity index (χ1n) is 24.4. The predicted molar refractivity (Wildman–Crippen MR) is 397 cm³/mol. The lowest BCUT2D eigenvalue weighted by molar-refractivity contribution is -0.138. The third kappa shape index (κ3) is 738. The number of nitrogens with one attached hydrogen (secondary N) is 4. The van der Waals surface area contributed by atoms with Crippen LogP contribution in [0.5, 0.6) is 0 Å². The number of rotatable bonds is 5. The Morgan fingerprint density at radius 3 is 0.533 bits per heavy atom. The Morgan fingerprint density at radius 2 is 0.533 bits per heavy atom. The topological polar surface area (TPSA) is 487 Å². The fourth-order valence-corrected chi connectivity index (χ4v) is 0.125. The van der Waals surface area contributed by atoms with E-state index in [0.717, 1.165) is 53.1 Å². The van der Waals surface area contributed by atoms with Gasteiger partial charge < -0.3 is 46.2 Å². The minimum absolute atomic E-state index is 0. The van der Waals surface area contributed by atoms with Crippen molar-refractivity contribution in [3.63, 3.8) is 0 Å². The van der Waals surface area contributed by atoms with Crippen LogP contribution in [-0.4, -0.2) is 304 Å². The Morgan fingerprint density at radius 1 is 0.446 bits per heavy atom. The molecule has 0 spiro atoms. The van der Waals surface area contributed by atoms with Crippen LogP contribution in [0, 0.1) is 0 Å². The molecule has 0 saturated carbocycles. The van der Waals surface area contributed by atoms with E-state index in [1.165, 1.54) is 100 Å². The van der Waals surface area contributed by atoms with Crippen LogP contribution in [0.15, 0.2) is 0 Å². The molecule has 0 aromatic heterocycles. The Hall–Kier alpha value is -3.97. The van der Waals surface area contributed by atoms with Crippen molar-refractivity contribution in [2.24, 2.45) is 10.9 Å². The average Bonchev–Trinajstić information content (AvgIpc) is 3.25. The van der Waals surface area contributed by atoms with Crippen molar-refractivity contribution in [1.29, 1.82) is 0 Å². The van der Waals surface area contributed by atoms with Gasteiger partial charge in [-0.1, -0.05) is 98.9 Å². The van der Waals surface area contributed by atoms with Crippen LogP contribution in [0.3, 0.4) is 0 Å². The quantitative estimate of drug-likeness (QED) is 0.195. The van der Waals surface area contributed by atoms with Crippen molar-refractivity contribution in [2.45, 2.75) is 134 Å². The Kier molecular flexibility index (Phi) is 172. The summed E-state index contributed by atoms with van der Waals surface area (Å²) in [6.45, 7) is 18.5. The van der Waals surface area contributed by atoms with Crippen molar-refractivity contribution >= 4 is 105 Å². The molecule has 9 N–H and O–H groups in total. The van der Waals surface area contributed by atoms with Gasteiger partial charge in [0, 0.05) is 135 Å². The molecule has 0 aliphatic rings. The summed E-state index contributed by atoms with van der Waals surface area (Å²) in [5.74, 6) is -0.829. The Balaban J connectivity index is -0.0000000262. The minimum Gasteiger partial charge on any atom is -0.481 e. The number of primary amides is 1. The molecule has 0 fully saturated rings. The summed E-state index contributed by atoms with van der Waals surface area (Å²) in [4.78, 5) is 63.1. The van der Waals surface area contributed by atoms with Crippen LogP contribution in [-0.2, 0) is 98.3 Å². The third-order valence-electron chi connectivity index (χ3n) is 4.47. The van der Waals surface area contributed by atoms with E-state index in [0.29, 0.717) is 0 Å². The van der Waals surface area contributed by atoms with Crippen molar-refractivity contribution in [1.82, 2.24) is 44.0 Å². The fourth-order valence-electron chi connectivity index (χ4n) is 0.125. The van der Waals surface area contributed by atoms with E-state index in [1.807, 2.05) is 52.1 Å². The highest BCUT2D eigenvalue weighted by Gasteiger charge is 2.01. The van der Waals surface area contributed by atoms with Gasteiger partial charge in [0.15, 0.2) is 0 Å². The van der Waals surface area contributed by atoms with Crippen LogP contribution in [0.4, 0.5) is 4.79 Å². The first-order valence-corrected chi connectivity index (χ1v) is 38.4. The number of ether oxygens (including phenoxy) is 1. The molecule has 0 rings (SSSR count). The molecule has 92 heavy (non-hydrogen) atoms. The summed E-state index contributed by atoms with van der Waals surface area (Å²) < 4.78 is 147.